The van der Waals surface area contributed by atoms with E-state index in [9.17, 15) is 29.4 Å². The number of aliphatic hydroxyl groups is 1. The molecule has 4 saturated heterocycles. The van der Waals surface area contributed by atoms with Crippen molar-refractivity contribution in [2.24, 2.45) is 11.8 Å². The molecule has 0 saturated carbocycles. The lowest BCUT2D eigenvalue weighted by Gasteiger charge is -2.55. The normalized spacial score (nSPS) is 28.9. The first kappa shape index (κ1) is 30.7. The number of benzene rings is 3. The summed E-state index contributed by atoms with van der Waals surface area (Å²) in [7, 11) is 0. The van der Waals surface area contributed by atoms with Crippen molar-refractivity contribution in [2.75, 3.05) is 51.1 Å². The first-order valence-corrected chi connectivity index (χ1v) is 16.9. The molecule has 0 aromatic heterocycles. The molecule has 246 valence electrons. The maximum atomic E-state index is 13.7. The molecule has 10 heteroatoms. The summed E-state index contributed by atoms with van der Waals surface area (Å²) in [5.41, 5.74) is 6.00. The van der Waals surface area contributed by atoms with E-state index in [1.807, 2.05) is 55.5 Å². The number of ketones is 1. The number of amides is 2. The summed E-state index contributed by atoms with van der Waals surface area (Å²) in [6.45, 7) is 10.6. The van der Waals surface area contributed by atoms with E-state index in [0.717, 1.165) is 77.2 Å². The van der Waals surface area contributed by atoms with Gasteiger partial charge in [-0.2, -0.15) is 0 Å². The van der Waals surface area contributed by atoms with Gasteiger partial charge in [-0.15, -0.1) is 0 Å². The van der Waals surface area contributed by atoms with Crippen molar-refractivity contribution in [2.45, 2.75) is 32.5 Å². The standard InChI is InChI=1S/C38H38N4O6/c1-22-32(35(38(47)48)40-34(22)33(23(2)43)37(40)46)25-9-11-28-29(19-25)27-10-8-24(18-30(27)36(28)45)20-41-12-15-42(16-13-41,17-14-41)21-31(44)39-26-6-4-3-5-7-26/h3-11,18-19,22-23,33-34,43H,12-17,20-21H2,1-2H3/p+2/t22-,23+,33+,34+,41?,42?/m0/s1. The molecular weight excluding hydrogens is 608 g/mol. The van der Waals surface area contributed by atoms with Gasteiger partial charge in [-0.1, -0.05) is 43.3 Å². The van der Waals surface area contributed by atoms with E-state index in [1.54, 1.807) is 19.1 Å². The minimum atomic E-state index is -1.17. The number of rotatable bonds is 8. The number of hydrogen-bond donors (Lipinski definition) is 3. The number of para-hydroxylation sites is 1. The second kappa shape index (κ2) is 10.9. The minimum Gasteiger partial charge on any atom is -0.477 e. The lowest BCUT2D eigenvalue weighted by atomic mass is 9.76. The Bertz CT molecular complexity index is 1910. The molecule has 2 bridgehead atoms. The van der Waals surface area contributed by atoms with Crippen molar-refractivity contribution < 1.29 is 38.4 Å². The number of aliphatic hydroxyl groups excluding tert-OH is 1. The Labute approximate surface area is 279 Å². The van der Waals surface area contributed by atoms with Gasteiger partial charge in [-0.3, -0.25) is 14.4 Å². The van der Waals surface area contributed by atoms with Crippen molar-refractivity contribution >= 4 is 34.8 Å². The Kier molecular flexibility index (Phi) is 7.00. The van der Waals surface area contributed by atoms with E-state index in [-0.39, 0.29) is 29.2 Å². The Balaban J connectivity index is 1.00. The SMILES string of the molecule is C[C@@H](O)[C@H]1C(=O)N2C(C(=O)O)=C(c3ccc4c(c3)-c3ccc(C[N+]56CC[N+](CC(=O)Nc7ccccc7)(CC5)CC6)cc3C4=O)[C@H](C)[C@H]12. The van der Waals surface area contributed by atoms with E-state index < -0.39 is 24.0 Å². The van der Waals surface area contributed by atoms with Crippen molar-refractivity contribution in [3.05, 3.63) is 94.7 Å². The minimum absolute atomic E-state index is 0.0362. The molecule has 48 heavy (non-hydrogen) atoms. The molecule has 0 unspecified atom stereocenters. The number of nitrogens with one attached hydrogen (secondary N) is 1. The van der Waals surface area contributed by atoms with Gasteiger partial charge in [0.05, 0.1) is 18.1 Å². The van der Waals surface area contributed by atoms with Crippen LogP contribution in [0.25, 0.3) is 16.7 Å². The molecule has 4 fully saturated rings. The van der Waals surface area contributed by atoms with Gasteiger partial charge in [0.25, 0.3) is 5.91 Å². The zero-order chi connectivity index (χ0) is 33.5. The summed E-state index contributed by atoms with van der Waals surface area (Å²) in [5.74, 6) is -2.44. The van der Waals surface area contributed by atoms with Crippen LogP contribution >= 0.6 is 0 Å². The molecule has 3 aromatic carbocycles. The van der Waals surface area contributed by atoms with Crippen LogP contribution in [0.3, 0.4) is 0 Å². The molecule has 0 spiro atoms. The summed E-state index contributed by atoms with van der Waals surface area (Å²) in [4.78, 5) is 53.2. The molecule has 0 radical (unpaired) electrons. The maximum Gasteiger partial charge on any atom is 0.352 e. The van der Waals surface area contributed by atoms with Gasteiger partial charge in [0.1, 0.15) is 51.5 Å². The van der Waals surface area contributed by atoms with Crippen molar-refractivity contribution in [1.29, 1.82) is 0 Å². The van der Waals surface area contributed by atoms with Gasteiger partial charge in [0.2, 0.25) is 5.91 Å². The van der Waals surface area contributed by atoms with Gasteiger partial charge >= 0.3 is 5.97 Å². The molecule has 5 heterocycles. The summed E-state index contributed by atoms with van der Waals surface area (Å²) in [5, 5.41) is 23.4. The number of aliphatic carboxylic acids is 1. The largest absolute Gasteiger partial charge is 0.477 e. The van der Waals surface area contributed by atoms with Crippen LogP contribution in [0.4, 0.5) is 5.69 Å². The monoisotopic (exact) mass is 648 g/mol. The number of carbonyl (C=O) groups excluding carboxylic acids is 3. The van der Waals surface area contributed by atoms with Crippen molar-refractivity contribution in [3.63, 3.8) is 0 Å². The Morgan fingerprint density at radius 1 is 0.875 bits per heavy atom. The van der Waals surface area contributed by atoms with Crippen LogP contribution in [0.1, 0.15) is 40.9 Å². The zero-order valence-electron chi connectivity index (χ0n) is 27.2. The van der Waals surface area contributed by atoms with Crippen molar-refractivity contribution in [1.82, 2.24) is 4.90 Å². The average Bonchev–Trinajstić information content (AvgIpc) is 3.49. The van der Waals surface area contributed by atoms with E-state index >= 15 is 0 Å². The lowest BCUT2D eigenvalue weighted by molar-refractivity contribution is -1.08. The molecule has 2 amide bonds. The smallest absolute Gasteiger partial charge is 0.352 e. The van der Waals surface area contributed by atoms with Gasteiger partial charge in [0, 0.05) is 28.3 Å². The van der Waals surface area contributed by atoms with E-state index in [0.29, 0.717) is 28.8 Å². The van der Waals surface area contributed by atoms with E-state index in [1.165, 1.54) is 4.90 Å². The Hall–Kier alpha value is -4.64. The van der Waals surface area contributed by atoms with Crippen LogP contribution < -0.4 is 5.32 Å². The fourth-order valence-electron chi connectivity index (χ4n) is 9.17. The first-order chi connectivity index (χ1) is 23.0. The highest BCUT2D eigenvalue weighted by atomic mass is 16.4. The number of carboxylic acids is 1. The van der Waals surface area contributed by atoms with Gasteiger partial charge in [0.15, 0.2) is 12.3 Å². The molecule has 10 nitrogen and oxygen atoms in total. The third-order valence-corrected chi connectivity index (χ3v) is 11.8. The van der Waals surface area contributed by atoms with Crippen molar-refractivity contribution in [3.8, 4) is 11.1 Å². The van der Waals surface area contributed by atoms with Crippen LogP contribution in [0, 0.1) is 11.8 Å². The van der Waals surface area contributed by atoms with Crippen LogP contribution in [0.5, 0.6) is 0 Å². The number of anilines is 1. The predicted molar refractivity (Wildman–Crippen MR) is 178 cm³/mol. The summed E-state index contributed by atoms with van der Waals surface area (Å²) in [6, 6.07) is 20.8. The highest BCUT2D eigenvalue weighted by molar-refractivity contribution is 6.22. The number of hydrogen-bond acceptors (Lipinski definition) is 5. The Morgan fingerprint density at radius 3 is 2.21 bits per heavy atom. The van der Waals surface area contributed by atoms with Gasteiger partial charge < -0.3 is 29.4 Å². The number of carbonyl (C=O) groups is 4. The molecular formula is C38H40N4O6+2. The maximum absolute atomic E-state index is 13.7. The predicted octanol–water partition coefficient (Wildman–Crippen LogP) is 3.35. The number of nitrogens with zero attached hydrogens (tertiary/aromatic N) is 3. The average molecular weight is 649 g/mol. The fourth-order valence-corrected chi connectivity index (χ4v) is 9.17. The number of carboxylic acid groups (broad SMARTS) is 1. The van der Waals surface area contributed by atoms with E-state index in [4.69, 9.17) is 0 Å². The number of piperazine rings is 3. The fraction of sp³-hybridized carbons (Fsp3) is 0.368. The zero-order valence-corrected chi connectivity index (χ0v) is 27.2. The van der Waals surface area contributed by atoms with Crippen LogP contribution in [0.2, 0.25) is 0 Å². The third-order valence-electron chi connectivity index (χ3n) is 11.8. The van der Waals surface area contributed by atoms with Gasteiger partial charge in [-0.25, -0.2) is 4.79 Å². The molecule has 5 aliphatic heterocycles. The highest BCUT2D eigenvalue weighted by Gasteiger charge is 2.60. The number of fused-ring (bicyclic) bond motifs is 7. The second-order valence-electron chi connectivity index (χ2n) is 14.5. The topological polar surface area (TPSA) is 124 Å². The number of quaternary nitrogens is 2. The lowest BCUT2D eigenvalue weighted by Crippen LogP contribution is -2.75. The first-order valence-electron chi connectivity index (χ1n) is 16.9. The van der Waals surface area contributed by atoms with Gasteiger partial charge in [-0.05, 0) is 59.5 Å². The quantitative estimate of drug-likeness (QED) is 0.199. The third kappa shape index (κ3) is 4.65. The molecule has 3 N–H and O–H groups in total. The molecule has 1 aliphatic carbocycles. The molecule has 3 aromatic rings. The molecule has 6 aliphatic rings. The number of β-lactam (4-membered cyclic amide) rings is 1. The second-order valence-corrected chi connectivity index (χ2v) is 14.5. The summed E-state index contributed by atoms with van der Waals surface area (Å²) < 4.78 is 1.78. The van der Waals surface area contributed by atoms with Crippen LogP contribution in [-0.4, -0.2) is 106 Å². The summed E-state index contributed by atoms with van der Waals surface area (Å²) in [6.07, 6.45) is -0.872. The summed E-state index contributed by atoms with van der Waals surface area (Å²) >= 11 is 0. The molecule has 4 atom stereocenters. The Morgan fingerprint density at radius 2 is 1.54 bits per heavy atom. The van der Waals surface area contributed by atoms with Crippen LogP contribution in [-0.2, 0) is 20.9 Å². The van der Waals surface area contributed by atoms with Crippen LogP contribution in [0.15, 0.2) is 72.4 Å². The highest BCUT2D eigenvalue weighted by Crippen LogP contribution is 2.51. The molecule has 9 rings (SSSR count). The van der Waals surface area contributed by atoms with E-state index in [2.05, 4.69) is 11.4 Å².